The molecule has 0 heterocycles. The van der Waals surface area contributed by atoms with Gasteiger partial charge in [0, 0.05) is 0 Å². The van der Waals surface area contributed by atoms with Gasteiger partial charge in [0.2, 0.25) is 0 Å². The van der Waals surface area contributed by atoms with E-state index in [1.165, 1.54) is 0 Å². The third-order valence-corrected chi connectivity index (χ3v) is 2.22. The van der Waals surface area contributed by atoms with Crippen LogP contribution in [-0.2, 0) is 14.3 Å². The molecule has 0 aromatic rings. The summed E-state index contributed by atoms with van der Waals surface area (Å²) in [6, 6.07) is -0.853. The molecule has 0 radical (unpaired) electrons. The summed E-state index contributed by atoms with van der Waals surface area (Å²) in [6.45, 7) is 5.51. The second-order valence-corrected chi connectivity index (χ2v) is 3.78. The Hall–Kier alpha value is -1.10. The molecule has 0 aliphatic heterocycles. The first kappa shape index (κ1) is 13.9. The number of nitrogens with two attached hydrogens (primary N) is 1. The molecule has 0 rings (SSSR count). The van der Waals surface area contributed by atoms with E-state index in [-0.39, 0.29) is 18.9 Å². The van der Waals surface area contributed by atoms with Gasteiger partial charge in [-0.3, -0.25) is 9.59 Å². The lowest BCUT2D eigenvalue weighted by Crippen LogP contribution is -2.37. The van der Waals surface area contributed by atoms with Gasteiger partial charge in [-0.25, -0.2) is 0 Å². The van der Waals surface area contributed by atoms with Crippen LogP contribution in [0.5, 0.6) is 0 Å². The number of carbonyl (C=O) groups is 2. The van der Waals surface area contributed by atoms with Gasteiger partial charge in [0.05, 0.1) is 12.5 Å². The number of hydrogen-bond donors (Lipinski definition) is 2. The standard InChI is InChI=1S/C10H19NO4/c1-4-15-10(14)8(11)5-7(6(2)3)9(12)13/h6-8H,4-5,11H2,1-3H3,(H,12,13)/t7?,8-/m0/s1. The van der Waals surface area contributed by atoms with Gasteiger partial charge in [0.1, 0.15) is 6.04 Å². The highest BCUT2D eigenvalue weighted by Gasteiger charge is 2.27. The van der Waals surface area contributed by atoms with Gasteiger partial charge in [0.15, 0.2) is 0 Å². The Morgan fingerprint density at radius 3 is 2.27 bits per heavy atom. The van der Waals surface area contributed by atoms with Gasteiger partial charge in [0.25, 0.3) is 0 Å². The quantitative estimate of drug-likeness (QED) is 0.637. The molecule has 1 unspecified atom stereocenters. The van der Waals surface area contributed by atoms with Crippen LogP contribution in [0.25, 0.3) is 0 Å². The zero-order valence-electron chi connectivity index (χ0n) is 9.40. The van der Waals surface area contributed by atoms with E-state index in [1.54, 1.807) is 20.8 Å². The van der Waals surface area contributed by atoms with Gasteiger partial charge < -0.3 is 15.6 Å². The van der Waals surface area contributed by atoms with E-state index in [9.17, 15) is 9.59 Å². The van der Waals surface area contributed by atoms with Crippen LogP contribution >= 0.6 is 0 Å². The molecule has 15 heavy (non-hydrogen) atoms. The van der Waals surface area contributed by atoms with Crippen LogP contribution in [0.2, 0.25) is 0 Å². The molecule has 0 bridgehead atoms. The minimum atomic E-state index is -0.926. The Morgan fingerprint density at radius 1 is 1.40 bits per heavy atom. The number of carboxylic acid groups (broad SMARTS) is 1. The molecule has 5 heteroatoms. The van der Waals surface area contributed by atoms with E-state index in [2.05, 4.69) is 0 Å². The van der Waals surface area contributed by atoms with Crippen LogP contribution in [-0.4, -0.2) is 29.7 Å². The van der Waals surface area contributed by atoms with Crippen molar-refractivity contribution >= 4 is 11.9 Å². The van der Waals surface area contributed by atoms with E-state index in [0.29, 0.717) is 0 Å². The summed E-state index contributed by atoms with van der Waals surface area (Å²) in [7, 11) is 0. The minimum absolute atomic E-state index is 0.0528. The number of aliphatic carboxylic acids is 1. The lowest BCUT2D eigenvalue weighted by molar-refractivity contribution is -0.147. The number of hydrogen-bond acceptors (Lipinski definition) is 4. The fourth-order valence-corrected chi connectivity index (χ4v) is 1.28. The lowest BCUT2D eigenvalue weighted by Gasteiger charge is -2.19. The predicted molar refractivity (Wildman–Crippen MR) is 55.2 cm³/mol. The van der Waals surface area contributed by atoms with Crippen molar-refractivity contribution in [1.29, 1.82) is 0 Å². The smallest absolute Gasteiger partial charge is 0.322 e. The summed E-state index contributed by atoms with van der Waals surface area (Å²) in [4.78, 5) is 22.0. The molecule has 88 valence electrons. The maximum atomic E-state index is 11.2. The van der Waals surface area contributed by atoms with E-state index < -0.39 is 23.9 Å². The van der Waals surface area contributed by atoms with Crippen molar-refractivity contribution < 1.29 is 19.4 Å². The maximum absolute atomic E-state index is 11.2. The van der Waals surface area contributed by atoms with Crippen LogP contribution in [0, 0.1) is 11.8 Å². The molecule has 5 nitrogen and oxygen atoms in total. The van der Waals surface area contributed by atoms with Crippen molar-refractivity contribution in [3.63, 3.8) is 0 Å². The number of ether oxygens (including phenoxy) is 1. The second-order valence-electron chi connectivity index (χ2n) is 3.78. The molecule has 0 saturated carbocycles. The summed E-state index contributed by atoms with van der Waals surface area (Å²) >= 11 is 0. The van der Waals surface area contributed by atoms with Crippen molar-refractivity contribution in [1.82, 2.24) is 0 Å². The van der Waals surface area contributed by atoms with Crippen LogP contribution in [0.3, 0.4) is 0 Å². The van der Waals surface area contributed by atoms with E-state index in [1.807, 2.05) is 0 Å². The Labute approximate surface area is 89.6 Å². The van der Waals surface area contributed by atoms with Crippen molar-refractivity contribution in [2.45, 2.75) is 33.2 Å². The van der Waals surface area contributed by atoms with Gasteiger partial charge in [-0.1, -0.05) is 13.8 Å². The number of carboxylic acids is 1. The number of carbonyl (C=O) groups excluding carboxylic acids is 1. The van der Waals surface area contributed by atoms with Gasteiger partial charge in [-0.2, -0.15) is 0 Å². The zero-order valence-corrected chi connectivity index (χ0v) is 9.40. The third-order valence-electron chi connectivity index (χ3n) is 2.22. The molecule has 0 spiro atoms. The largest absolute Gasteiger partial charge is 0.481 e. The molecule has 0 aliphatic carbocycles. The van der Waals surface area contributed by atoms with Gasteiger partial charge in [-0.15, -0.1) is 0 Å². The Kier molecular flexibility index (Phi) is 5.93. The van der Waals surface area contributed by atoms with Gasteiger partial charge in [-0.05, 0) is 19.3 Å². The molecule has 0 saturated heterocycles. The third kappa shape index (κ3) is 4.78. The summed E-state index contributed by atoms with van der Waals surface area (Å²) in [6.07, 6.45) is 0.117. The van der Waals surface area contributed by atoms with Crippen molar-refractivity contribution in [3.05, 3.63) is 0 Å². The normalized spacial score (nSPS) is 14.7. The molecule has 0 amide bonds. The molecule has 3 N–H and O–H groups in total. The molecule has 0 aliphatic rings. The average molecular weight is 217 g/mol. The van der Waals surface area contributed by atoms with Crippen LogP contribution in [0.4, 0.5) is 0 Å². The topological polar surface area (TPSA) is 89.6 Å². The summed E-state index contributed by atoms with van der Waals surface area (Å²) in [5.74, 6) is -2.12. The van der Waals surface area contributed by atoms with E-state index >= 15 is 0 Å². The summed E-state index contributed by atoms with van der Waals surface area (Å²) in [5.41, 5.74) is 5.54. The second kappa shape index (κ2) is 6.40. The fraction of sp³-hybridized carbons (Fsp3) is 0.800. The van der Waals surface area contributed by atoms with Crippen molar-refractivity contribution in [2.24, 2.45) is 17.6 Å². The molecule has 0 fully saturated rings. The SMILES string of the molecule is CCOC(=O)[C@@H](N)CC(C(=O)O)C(C)C. The number of esters is 1. The highest BCUT2D eigenvalue weighted by atomic mass is 16.5. The first-order valence-corrected chi connectivity index (χ1v) is 5.05. The highest BCUT2D eigenvalue weighted by Crippen LogP contribution is 2.17. The van der Waals surface area contributed by atoms with Gasteiger partial charge >= 0.3 is 11.9 Å². The van der Waals surface area contributed by atoms with Crippen LogP contribution in [0.15, 0.2) is 0 Å². The van der Waals surface area contributed by atoms with E-state index in [0.717, 1.165) is 0 Å². The summed E-state index contributed by atoms with van der Waals surface area (Å²) < 4.78 is 4.71. The van der Waals surface area contributed by atoms with Crippen LogP contribution in [0.1, 0.15) is 27.2 Å². The fourth-order valence-electron chi connectivity index (χ4n) is 1.28. The Morgan fingerprint density at radius 2 is 1.93 bits per heavy atom. The van der Waals surface area contributed by atoms with E-state index in [4.69, 9.17) is 15.6 Å². The first-order chi connectivity index (χ1) is 6.90. The Balaban J connectivity index is 4.28. The van der Waals surface area contributed by atoms with Crippen LogP contribution < -0.4 is 5.73 Å². The minimum Gasteiger partial charge on any atom is -0.481 e. The monoisotopic (exact) mass is 217 g/mol. The predicted octanol–water partition coefficient (Wildman–Crippen LogP) is 0.624. The Bertz CT molecular complexity index is 227. The van der Waals surface area contributed by atoms with Crippen molar-refractivity contribution in [2.75, 3.05) is 6.61 Å². The molecule has 0 aromatic carbocycles. The summed E-state index contributed by atoms with van der Waals surface area (Å²) in [5, 5.41) is 8.90. The number of rotatable bonds is 6. The average Bonchev–Trinajstić information content (AvgIpc) is 2.12. The van der Waals surface area contributed by atoms with Crippen molar-refractivity contribution in [3.8, 4) is 0 Å². The first-order valence-electron chi connectivity index (χ1n) is 5.05. The maximum Gasteiger partial charge on any atom is 0.322 e. The lowest BCUT2D eigenvalue weighted by atomic mass is 9.89. The molecule has 0 aromatic heterocycles. The molecular formula is C10H19NO4. The zero-order chi connectivity index (χ0) is 12.0. The molecular weight excluding hydrogens is 198 g/mol. The highest BCUT2D eigenvalue weighted by molar-refractivity contribution is 5.77. The molecule has 2 atom stereocenters.